The van der Waals surface area contributed by atoms with Gasteiger partial charge in [-0.1, -0.05) is 12.2 Å². The molecule has 0 aromatic rings. The van der Waals surface area contributed by atoms with Gasteiger partial charge < -0.3 is 10.4 Å². The SMILES string of the molecule is C=C(C)CN(C)[C@@H]1CNC[C@H]1O. The van der Waals surface area contributed by atoms with Gasteiger partial charge in [-0.25, -0.2) is 0 Å². The lowest BCUT2D eigenvalue weighted by atomic mass is 10.2. The van der Waals surface area contributed by atoms with Crippen molar-refractivity contribution in [2.45, 2.75) is 19.1 Å². The van der Waals surface area contributed by atoms with E-state index in [4.69, 9.17) is 0 Å². The van der Waals surface area contributed by atoms with E-state index in [1.807, 2.05) is 14.0 Å². The van der Waals surface area contributed by atoms with E-state index in [0.717, 1.165) is 18.7 Å². The first-order chi connectivity index (χ1) is 5.61. The lowest BCUT2D eigenvalue weighted by Gasteiger charge is -2.26. The molecule has 12 heavy (non-hydrogen) atoms. The van der Waals surface area contributed by atoms with Crippen molar-refractivity contribution in [3.05, 3.63) is 12.2 Å². The van der Waals surface area contributed by atoms with Crippen LogP contribution in [0.15, 0.2) is 12.2 Å². The van der Waals surface area contributed by atoms with Crippen molar-refractivity contribution in [2.24, 2.45) is 0 Å². The minimum atomic E-state index is -0.227. The van der Waals surface area contributed by atoms with Gasteiger partial charge in [-0.3, -0.25) is 4.90 Å². The molecule has 1 rings (SSSR count). The number of nitrogens with one attached hydrogen (secondary N) is 1. The molecule has 1 aliphatic heterocycles. The van der Waals surface area contributed by atoms with Gasteiger partial charge in [0.2, 0.25) is 0 Å². The molecule has 0 bridgehead atoms. The average Bonchev–Trinajstić information content (AvgIpc) is 2.33. The summed E-state index contributed by atoms with van der Waals surface area (Å²) in [6, 6.07) is 0.252. The predicted octanol–water partition coefficient (Wildman–Crippen LogP) is -0.173. The van der Waals surface area contributed by atoms with Crippen LogP contribution in [0.5, 0.6) is 0 Å². The van der Waals surface area contributed by atoms with E-state index in [1.165, 1.54) is 0 Å². The Morgan fingerprint density at radius 1 is 1.67 bits per heavy atom. The van der Waals surface area contributed by atoms with Crippen molar-refractivity contribution in [3.8, 4) is 0 Å². The Hall–Kier alpha value is -0.380. The van der Waals surface area contributed by atoms with Crippen LogP contribution in [-0.4, -0.2) is 48.8 Å². The first-order valence-corrected chi connectivity index (χ1v) is 4.34. The van der Waals surface area contributed by atoms with Crippen LogP contribution in [0.25, 0.3) is 0 Å². The standard InChI is InChI=1S/C9H18N2O/c1-7(2)6-11(3)8-4-10-5-9(8)12/h8-10,12H,1,4-6H2,2-3H3/t8-,9-/m1/s1. The van der Waals surface area contributed by atoms with E-state index in [2.05, 4.69) is 16.8 Å². The fourth-order valence-corrected chi connectivity index (χ4v) is 1.64. The second kappa shape index (κ2) is 4.03. The molecule has 0 amide bonds. The molecule has 1 heterocycles. The van der Waals surface area contributed by atoms with Gasteiger partial charge in [0.1, 0.15) is 0 Å². The molecule has 0 spiro atoms. The lowest BCUT2D eigenvalue weighted by Crippen LogP contribution is -2.41. The average molecular weight is 170 g/mol. The molecule has 0 aliphatic carbocycles. The van der Waals surface area contributed by atoms with E-state index >= 15 is 0 Å². The van der Waals surface area contributed by atoms with Crippen molar-refractivity contribution in [3.63, 3.8) is 0 Å². The smallest absolute Gasteiger partial charge is 0.0831 e. The third-order valence-electron chi connectivity index (χ3n) is 2.24. The van der Waals surface area contributed by atoms with Crippen LogP contribution in [0.4, 0.5) is 0 Å². The highest BCUT2D eigenvalue weighted by Crippen LogP contribution is 2.08. The van der Waals surface area contributed by atoms with Crippen molar-refractivity contribution < 1.29 is 5.11 Å². The number of aliphatic hydroxyl groups excluding tert-OH is 1. The Labute approximate surface area is 74.1 Å². The van der Waals surface area contributed by atoms with Crippen molar-refractivity contribution in [2.75, 3.05) is 26.7 Å². The normalized spacial score (nSPS) is 29.7. The molecule has 1 aliphatic rings. The Morgan fingerprint density at radius 3 is 2.75 bits per heavy atom. The molecule has 0 aromatic carbocycles. The molecule has 0 aromatic heterocycles. The summed E-state index contributed by atoms with van der Waals surface area (Å²) in [6.45, 7) is 8.31. The van der Waals surface area contributed by atoms with E-state index in [0.29, 0.717) is 6.54 Å². The fourth-order valence-electron chi connectivity index (χ4n) is 1.64. The van der Waals surface area contributed by atoms with Crippen LogP contribution in [-0.2, 0) is 0 Å². The van der Waals surface area contributed by atoms with Gasteiger partial charge in [0.25, 0.3) is 0 Å². The Bertz CT molecular complexity index is 170. The van der Waals surface area contributed by atoms with Gasteiger partial charge in [-0.05, 0) is 14.0 Å². The maximum atomic E-state index is 9.54. The van der Waals surface area contributed by atoms with E-state index < -0.39 is 0 Å². The van der Waals surface area contributed by atoms with Crippen molar-refractivity contribution in [1.29, 1.82) is 0 Å². The van der Waals surface area contributed by atoms with Gasteiger partial charge >= 0.3 is 0 Å². The molecule has 2 N–H and O–H groups in total. The van der Waals surface area contributed by atoms with E-state index in [9.17, 15) is 5.11 Å². The molecule has 3 heteroatoms. The fraction of sp³-hybridized carbons (Fsp3) is 0.778. The first-order valence-electron chi connectivity index (χ1n) is 4.34. The summed E-state index contributed by atoms with van der Waals surface area (Å²) < 4.78 is 0. The highest BCUT2D eigenvalue weighted by molar-refractivity contribution is 4.96. The highest BCUT2D eigenvalue weighted by atomic mass is 16.3. The third kappa shape index (κ3) is 2.30. The highest BCUT2D eigenvalue weighted by Gasteiger charge is 2.27. The van der Waals surface area contributed by atoms with Gasteiger partial charge in [-0.2, -0.15) is 0 Å². The Balaban J connectivity index is 2.40. The molecular weight excluding hydrogens is 152 g/mol. The largest absolute Gasteiger partial charge is 0.390 e. The second-order valence-corrected chi connectivity index (χ2v) is 3.67. The summed E-state index contributed by atoms with van der Waals surface area (Å²) in [7, 11) is 2.02. The zero-order valence-electron chi connectivity index (χ0n) is 7.88. The zero-order chi connectivity index (χ0) is 9.14. The van der Waals surface area contributed by atoms with Crippen LogP contribution in [0.1, 0.15) is 6.92 Å². The number of aliphatic hydroxyl groups is 1. The number of β-amino-alcohol motifs (C(OH)–C–C–N with tert-alkyl or cyclic N) is 1. The molecule has 0 radical (unpaired) electrons. The number of hydrogen-bond donors (Lipinski definition) is 2. The maximum absolute atomic E-state index is 9.54. The summed E-state index contributed by atoms with van der Waals surface area (Å²) in [5, 5.41) is 12.7. The van der Waals surface area contributed by atoms with Gasteiger partial charge in [-0.15, -0.1) is 0 Å². The monoisotopic (exact) mass is 170 g/mol. The van der Waals surface area contributed by atoms with Crippen LogP contribution in [0, 0.1) is 0 Å². The minimum Gasteiger partial charge on any atom is -0.390 e. The van der Waals surface area contributed by atoms with Crippen LogP contribution >= 0.6 is 0 Å². The predicted molar refractivity (Wildman–Crippen MR) is 50.1 cm³/mol. The van der Waals surface area contributed by atoms with Crippen LogP contribution in [0.3, 0.4) is 0 Å². The van der Waals surface area contributed by atoms with Gasteiger partial charge in [0, 0.05) is 25.7 Å². The minimum absolute atomic E-state index is 0.227. The topological polar surface area (TPSA) is 35.5 Å². The van der Waals surface area contributed by atoms with Gasteiger partial charge in [0.15, 0.2) is 0 Å². The molecule has 1 saturated heterocycles. The second-order valence-electron chi connectivity index (χ2n) is 3.67. The maximum Gasteiger partial charge on any atom is 0.0831 e. The summed E-state index contributed by atoms with van der Waals surface area (Å²) >= 11 is 0. The van der Waals surface area contributed by atoms with Crippen molar-refractivity contribution >= 4 is 0 Å². The van der Waals surface area contributed by atoms with Crippen LogP contribution < -0.4 is 5.32 Å². The van der Waals surface area contributed by atoms with Crippen molar-refractivity contribution in [1.82, 2.24) is 10.2 Å². The molecule has 3 nitrogen and oxygen atoms in total. The summed E-state index contributed by atoms with van der Waals surface area (Å²) in [4.78, 5) is 2.15. The quantitative estimate of drug-likeness (QED) is 0.577. The Kier molecular flexibility index (Phi) is 3.26. The summed E-state index contributed by atoms with van der Waals surface area (Å²) in [6.07, 6.45) is -0.227. The number of rotatable bonds is 3. The first kappa shape index (κ1) is 9.71. The Morgan fingerprint density at radius 2 is 2.33 bits per heavy atom. The molecule has 0 saturated carbocycles. The number of likely N-dealkylation sites (N-methyl/N-ethyl adjacent to an activating group) is 1. The summed E-state index contributed by atoms with van der Waals surface area (Å²) in [5.74, 6) is 0. The van der Waals surface area contributed by atoms with Gasteiger partial charge in [0.05, 0.1) is 6.10 Å². The third-order valence-corrected chi connectivity index (χ3v) is 2.24. The molecule has 70 valence electrons. The molecule has 0 unspecified atom stereocenters. The molecular formula is C9H18N2O. The zero-order valence-corrected chi connectivity index (χ0v) is 7.88. The lowest BCUT2D eigenvalue weighted by molar-refractivity contribution is 0.105. The molecule has 1 fully saturated rings. The van der Waals surface area contributed by atoms with Crippen LogP contribution in [0.2, 0.25) is 0 Å². The molecule has 2 atom stereocenters. The summed E-state index contributed by atoms with van der Waals surface area (Å²) in [5.41, 5.74) is 1.14. The number of nitrogens with zero attached hydrogens (tertiary/aromatic N) is 1. The van der Waals surface area contributed by atoms with E-state index in [-0.39, 0.29) is 12.1 Å². The van der Waals surface area contributed by atoms with E-state index in [1.54, 1.807) is 0 Å². The number of hydrogen-bond acceptors (Lipinski definition) is 3.